The van der Waals surface area contributed by atoms with Gasteiger partial charge in [0.1, 0.15) is 0 Å². The van der Waals surface area contributed by atoms with Gasteiger partial charge in [0, 0.05) is 23.9 Å². The van der Waals surface area contributed by atoms with Gasteiger partial charge in [-0.1, -0.05) is 24.3 Å². The number of hydrogen-bond acceptors (Lipinski definition) is 4. The van der Waals surface area contributed by atoms with Crippen LogP contribution in [0.3, 0.4) is 0 Å². The molecule has 0 saturated heterocycles. The predicted octanol–water partition coefficient (Wildman–Crippen LogP) is 2.67. The van der Waals surface area contributed by atoms with Crippen molar-refractivity contribution >= 4 is 22.4 Å². The normalized spacial score (nSPS) is 10.4. The lowest BCUT2D eigenvalue weighted by molar-refractivity contribution is -0.116. The maximum absolute atomic E-state index is 11.6. The van der Waals surface area contributed by atoms with Gasteiger partial charge < -0.3 is 10.6 Å². The van der Waals surface area contributed by atoms with Crippen molar-refractivity contribution in [3.63, 3.8) is 0 Å². The number of aryl methyl sites for hydroxylation is 1. The zero-order chi connectivity index (χ0) is 13.7. The lowest BCUT2D eigenvalue weighted by atomic mass is 10.1. The van der Waals surface area contributed by atoms with Gasteiger partial charge in [0.25, 0.3) is 0 Å². The first-order valence-electron chi connectivity index (χ1n) is 6.16. The molecule has 1 heterocycles. The van der Waals surface area contributed by atoms with Crippen molar-refractivity contribution in [1.82, 2.24) is 10.3 Å². The van der Waals surface area contributed by atoms with Gasteiger partial charge in [0.2, 0.25) is 5.91 Å². The summed E-state index contributed by atoms with van der Waals surface area (Å²) >= 11 is 1.45. The Labute approximate surface area is 116 Å². The number of carbonyl (C=O) groups is 1. The second-order valence-corrected chi connectivity index (χ2v) is 5.11. The Morgan fingerprint density at radius 2 is 2.16 bits per heavy atom. The predicted molar refractivity (Wildman–Crippen MR) is 79.5 cm³/mol. The number of carbonyl (C=O) groups excluding carboxylic acids is 1. The summed E-state index contributed by atoms with van der Waals surface area (Å²) < 4.78 is 0. The van der Waals surface area contributed by atoms with Crippen LogP contribution in [0.25, 0.3) is 11.3 Å². The maximum Gasteiger partial charge on any atom is 0.227 e. The molecule has 1 aromatic heterocycles. The Hall–Kier alpha value is -1.72. The molecule has 5 heteroatoms. The van der Waals surface area contributed by atoms with Crippen molar-refractivity contribution < 1.29 is 4.79 Å². The minimum Gasteiger partial charge on any atom is -0.319 e. The molecule has 0 aliphatic carbocycles. The molecule has 0 aliphatic heterocycles. The van der Waals surface area contributed by atoms with E-state index in [0.29, 0.717) is 18.1 Å². The Bertz CT molecular complexity index is 565. The Morgan fingerprint density at radius 3 is 2.89 bits per heavy atom. The third-order valence-electron chi connectivity index (χ3n) is 2.77. The minimum atomic E-state index is -0.0139. The van der Waals surface area contributed by atoms with Gasteiger partial charge in [-0.2, -0.15) is 0 Å². The van der Waals surface area contributed by atoms with E-state index in [1.807, 2.05) is 30.6 Å². The summed E-state index contributed by atoms with van der Waals surface area (Å²) in [5.41, 5.74) is 3.20. The van der Waals surface area contributed by atoms with Crippen LogP contribution in [-0.4, -0.2) is 24.5 Å². The number of nitrogens with zero attached hydrogens (tertiary/aromatic N) is 1. The average Bonchev–Trinajstić information content (AvgIpc) is 2.85. The zero-order valence-electron chi connectivity index (χ0n) is 11.1. The molecule has 2 rings (SSSR count). The van der Waals surface area contributed by atoms with Crippen LogP contribution in [0.2, 0.25) is 0 Å². The van der Waals surface area contributed by atoms with Gasteiger partial charge in [-0.15, -0.1) is 11.3 Å². The van der Waals surface area contributed by atoms with Crippen LogP contribution in [0, 0.1) is 6.92 Å². The molecule has 19 heavy (non-hydrogen) atoms. The molecule has 0 unspecified atom stereocenters. The van der Waals surface area contributed by atoms with E-state index in [1.54, 1.807) is 0 Å². The summed E-state index contributed by atoms with van der Waals surface area (Å²) in [6.45, 7) is 2.72. The van der Waals surface area contributed by atoms with Gasteiger partial charge in [0.05, 0.1) is 5.69 Å². The Balaban J connectivity index is 2.07. The van der Waals surface area contributed by atoms with Crippen LogP contribution >= 0.6 is 11.3 Å². The van der Waals surface area contributed by atoms with E-state index in [2.05, 4.69) is 28.6 Å². The van der Waals surface area contributed by atoms with E-state index in [4.69, 9.17) is 0 Å². The van der Waals surface area contributed by atoms with Gasteiger partial charge in [0.15, 0.2) is 5.13 Å². The third kappa shape index (κ3) is 3.62. The van der Waals surface area contributed by atoms with E-state index >= 15 is 0 Å². The lowest BCUT2D eigenvalue weighted by Crippen LogP contribution is -2.18. The van der Waals surface area contributed by atoms with E-state index < -0.39 is 0 Å². The molecule has 2 aromatic rings. The molecule has 1 amide bonds. The molecule has 0 bridgehead atoms. The molecule has 2 N–H and O–H groups in total. The largest absolute Gasteiger partial charge is 0.319 e. The SMILES string of the molecule is CNCCC(=O)Nc1nc(-c2ccccc2C)cs1. The molecule has 4 nitrogen and oxygen atoms in total. The van der Waals surface area contributed by atoms with E-state index in [1.165, 1.54) is 16.9 Å². The monoisotopic (exact) mass is 275 g/mol. The number of aromatic nitrogens is 1. The quantitative estimate of drug-likeness (QED) is 0.882. The molecule has 0 aliphatic rings. The standard InChI is InChI=1S/C14H17N3OS/c1-10-5-3-4-6-11(10)12-9-19-14(16-12)17-13(18)7-8-15-2/h3-6,9,15H,7-8H2,1-2H3,(H,16,17,18). The second-order valence-electron chi connectivity index (χ2n) is 4.25. The molecular weight excluding hydrogens is 258 g/mol. The molecular formula is C14H17N3OS. The minimum absolute atomic E-state index is 0.0139. The van der Waals surface area contributed by atoms with Crippen LogP contribution in [0.5, 0.6) is 0 Å². The number of benzene rings is 1. The topological polar surface area (TPSA) is 54.0 Å². The van der Waals surface area contributed by atoms with Crippen molar-refractivity contribution in [2.45, 2.75) is 13.3 Å². The highest BCUT2D eigenvalue weighted by Gasteiger charge is 2.08. The first-order valence-corrected chi connectivity index (χ1v) is 7.04. The summed E-state index contributed by atoms with van der Waals surface area (Å²) in [6, 6.07) is 8.09. The number of nitrogens with one attached hydrogen (secondary N) is 2. The molecule has 0 atom stereocenters. The van der Waals surface area contributed by atoms with Gasteiger partial charge in [-0.25, -0.2) is 4.98 Å². The van der Waals surface area contributed by atoms with Crippen molar-refractivity contribution in [3.8, 4) is 11.3 Å². The molecule has 0 radical (unpaired) electrons. The lowest BCUT2D eigenvalue weighted by Gasteiger charge is -2.02. The first kappa shape index (κ1) is 13.7. The fourth-order valence-electron chi connectivity index (χ4n) is 1.74. The smallest absolute Gasteiger partial charge is 0.227 e. The summed E-state index contributed by atoms with van der Waals surface area (Å²) in [6.07, 6.45) is 0.454. The van der Waals surface area contributed by atoms with Gasteiger partial charge in [-0.05, 0) is 19.5 Å². The molecule has 1 aromatic carbocycles. The summed E-state index contributed by atoms with van der Waals surface area (Å²) in [5.74, 6) is -0.0139. The van der Waals surface area contributed by atoms with Crippen LogP contribution in [0.15, 0.2) is 29.6 Å². The number of anilines is 1. The highest BCUT2D eigenvalue weighted by Crippen LogP contribution is 2.27. The van der Waals surface area contributed by atoms with Crippen molar-refractivity contribution in [1.29, 1.82) is 0 Å². The van der Waals surface area contributed by atoms with Crippen LogP contribution in [0.4, 0.5) is 5.13 Å². The van der Waals surface area contributed by atoms with Crippen molar-refractivity contribution in [2.75, 3.05) is 18.9 Å². The fraction of sp³-hybridized carbons (Fsp3) is 0.286. The van der Waals surface area contributed by atoms with Crippen LogP contribution < -0.4 is 10.6 Å². The summed E-state index contributed by atoms with van der Waals surface area (Å²) in [5, 5.41) is 8.38. The summed E-state index contributed by atoms with van der Waals surface area (Å²) in [7, 11) is 1.83. The van der Waals surface area contributed by atoms with Crippen molar-refractivity contribution in [3.05, 3.63) is 35.2 Å². The van der Waals surface area contributed by atoms with E-state index in [-0.39, 0.29) is 5.91 Å². The van der Waals surface area contributed by atoms with Gasteiger partial charge >= 0.3 is 0 Å². The second kappa shape index (κ2) is 6.45. The van der Waals surface area contributed by atoms with Gasteiger partial charge in [-0.3, -0.25) is 4.79 Å². The molecule has 0 fully saturated rings. The molecule has 100 valence electrons. The Kier molecular flexibility index (Phi) is 4.65. The number of amides is 1. The third-order valence-corrected chi connectivity index (χ3v) is 3.53. The van der Waals surface area contributed by atoms with Crippen molar-refractivity contribution in [2.24, 2.45) is 0 Å². The zero-order valence-corrected chi connectivity index (χ0v) is 11.9. The van der Waals surface area contributed by atoms with E-state index in [0.717, 1.165) is 11.3 Å². The van der Waals surface area contributed by atoms with E-state index in [9.17, 15) is 4.79 Å². The molecule has 0 saturated carbocycles. The highest BCUT2D eigenvalue weighted by molar-refractivity contribution is 7.14. The fourth-order valence-corrected chi connectivity index (χ4v) is 2.46. The number of hydrogen-bond donors (Lipinski definition) is 2. The Morgan fingerprint density at radius 1 is 1.37 bits per heavy atom. The molecule has 0 spiro atoms. The summed E-state index contributed by atoms with van der Waals surface area (Å²) in [4.78, 5) is 16.1. The maximum atomic E-state index is 11.6. The highest BCUT2D eigenvalue weighted by atomic mass is 32.1. The number of thiazole rings is 1. The first-order chi connectivity index (χ1) is 9.20. The number of rotatable bonds is 5. The van der Waals surface area contributed by atoms with Crippen LogP contribution in [0.1, 0.15) is 12.0 Å². The van der Waals surface area contributed by atoms with Crippen LogP contribution in [-0.2, 0) is 4.79 Å². The average molecular weight is 275 g/mol.